The number of likely N-dealkylation sites (N-methyl/N-ethyl adjacent to an activating group) is 1. The minimum atomic E-state index is -0.163. The van der Waals surface area contributed by atoms with Gasteiger partial charge in [-0.3, -0.25) is 9.59 Å². The fraction of sp³-hybridized carbons (Fsp3) is 0.333. The number of hydrogen-bond acceptors (Lipinski definition) is 3. The highest BCUT2D eigenvalue weighted by Crippen LogP contribution is 2.14. The molecule has 0 aliphatic rings. The molecule has 0 radical (unpaired) electrons. The molecule has 0 unspecified atom stereocenters. The van der Waals surface area contributed by atoms with Gasteiger partial charge in [0.05, 0.1) is 12.3 Å². The lowest BCUT2D eigenvalue weighted by molar-refractivity contribution is -0.133. The van der Waals surface area contributed by atoms with E-state index in [9.17, 15) is 9.59 Å². The van der Waals surface area contributed by atoms with Crippen LogP contribution in [0.3, 0.4) is 0 Å². The Labute approximate surface area is 170 Å². The molecule has 0 aromatic heterocycles. The van der Waals surface area contributed by atoms with Gasteiger partial charge in [-0.1, -0.05) is 53.6 Å². The second-order valence-electron chi connectivity index (χ2n) is 6.29. The van der Waals surface area contributed by atoms with Crippen LogP contribution in [0.1, 0.15) is 23.6 Å². The molecule has 0 bridgehead atoms. The number of nitrogens with zero attached hydrogens (tertiary/aromatic N) is 1. The Kier molecular flexibility index (Phi) is 8.69. The van der Waals surface area contributed by atoms with Crippen molar-refractivity contribution in [1.82, 2.24) is 10.2 Å². The van der Waals surface area contributed by atoms with Crippen molar-refractivity contribution in [3.8, 4) is 0 Å². The molecule has 6 heteroatoms. The Morgan fingerprint density at radius 2 is 1.67 bits per heavy atom. The van der Waals surface area contributed by atoms with Crippen molar-refractivity contribution >= 4 is 35.2 Å². The van der Waals surface area contributed by atoms with E-state index in [2.05, 4.69) is 36.5 Å². The normalized spacial score (nSPS) is 10.5. The quantitative estimate of drug-likeness (QED) is 0.686. The summed E-state index contributed by atoms with van der Waals surface area (Å²) in [4.78, 5) is 26.1. The number of hydrogen-bond donors (Lipinski definition) is 1. The van der Waals surface area contributed by atoms with Gasteiger partial charge >= 0.3 is 0 Å². The van der Waals surface area contributed by atoms with E-state index in [4.69, 9.17) is 11.6 Å². The van der Waals surface area contributed by atoms with Crippen molar-refractivity contribution in [3.63, 3.8) is 0 Å². The van der Waals surface area contributed by atoms with Crippen LogP contribution in [-0.2, 0) is 21.9 Å². The molecule has 0 atom stereocenters. The molecule has 0 saturated carbocycles. The Balaban J connectivity index is 1.73. The number of carbonyl (C=O) groups is 2. The lowest BCUT2D eigenvalue weighted by atomic mass is 10.2. The van der Waals surface area contributed by atoms with Gasteiger partial charge in [-0.05, 0) is 37.1 Å². The zero-order chi connectivity index (χ0) is 19.6. The minimum absolute atomic E-state index is 0.0174. The fourth-order valence-electron chi connectivity index (χ4n) is 2.44. The van der Waals surface area contributed by atoms with Crippen molar-refractivity contribution in [2.24, 2.45) is 0 Å². The molecule has 2 rings (SSSR count). The number of amides is 2. The third kappa shape index (κ3) is 7.65. The average molecular weight is 405 g/mol. The molecule has 0 heterocycles. The lowest BCUT2D eigenvalue weighted by Gasteiger charge is -2.20. The average Bonchev–Trinajstić information content (AvgIpc) is 2.67. The van der Waals surface area contributed by atoms with Crippen LogP contribution in [-0.4, -0.2) is 35.6 Å². The molecule has 27 heavy (non-hydrogen) atoms. The summed E-state index contributed by atoms with van der Waals surface area (Å²) in [6.45, 7) is 4.95. The predicted octanol–water partition coefficient (Wildman–Crippen LogP) is 4.05. The SMILES string of the molecule is CCN(CC(=O)NCc1ccc(Cl)cc1)C(=O)CSCc1ccc(C)cc1. The highest BCUT2D eigenvalue weighted by atomic mass is 35.5. The highest BCUT2D eigenvalue weighted by molar-refractivity contribution is 7.99. The number of benzene rings is 2. The first-order chi connectivity index (χ1) is 13.0. The summed E-state index contributed by atoms with van der Waals surface area (Å²) < 4.78 is 0. The first kappa shape index (κ1) is 21.3. The molecule has 0 saturated heterocycles. The van der Waals surface area contributed by atoms with E-state index < -0.39 is 0 Å². The fourth-order valence-corrected chi connectivity index (χ4v) is 3.45. The van der Waals surface area contributed by atoms with Crippen molar-refractivity contribution in [2.45, 2.75) is 26.1 Å². The number of thioether (sulfide) groups is 1. The zero-order valence-electron chi connectivity index (χ0n) is 15.7. The van der Waals surface area contributed by atoms with E-state index in [0.717, 1.165) is 11.3 Å². The molecule has 1 N–H and O–H groups in total. The molecule has 4 nitrogen and oxygen atoms in total. The van der Waals surface area contributed by atoms with Gasteiger partial charge in [0, 0.05) is 23.9 Å². The molecule has 2 amide bonds. The third-order valence-electron chi connectivity index (χ3n) is 4.09. The summed E-state index contributed by atoms with van der Waals surface area (Å²) in [6.07, 6.45) is 0. The molecule has 0 spiro atoms. The number of rotatable bonds is 9. The molecule has 0 fully saturated rings. The van der Waals surface area contributed by atoms with Crippen LogP contribution in [0, 0.1) is 6.92 Å². The summed E-state index contributed by atoms with van der Waals surface area (Å²) in [6, 6.07) is 15.6. The van der Waals surface area contributed by atoms with Gasteiger partial charge in [-0.2, -0.15) is 0 Å². The number of aryl methyl sites for hydroxylation is 1. The van der Waals surface area contributed by atoms with Crippen molar-refractivity contribution in [3.05, 3.63) is 70.2 Å². The van der Waals surface area contributed by atoms with E-state index in [1.807, 2.05) is 19.1 Å². The van der Waals surface area contributed by atoms with E-state index in [-0.39, 0.29) is 18.4 Å². The Morgan fingerprint density at radius 1 is 1.04 bits per heavy atom. The van der Waals surface area contributed by atoms with Crippen molar-refractivity contribution in [1.29, 1.82) is 0 Å². The topological polar surface area (TPSA) is 49.4 Å². The maximum Gasteiger partial charge on any atom is 0.239 e. The largest absolute Gasteiger partial charge is 0.350 e. The van der Waals surface area contributed by atoms with Crippen LogP contribution >= 0.6 is 23.4 Å². The van der Waals surface area contributed by atoms with Gasteiger partial charge in [0.25, 0.3) is 0 Å². The van der Waals surface area contributed by atoms with Gasteiger partial charge in [0.2, 0.25) is 11.8 Å². The van der Waals surface area contributed by atoms with Crippen LogP contribution in [0.25, 0.3) is 0 Å². The monoisotopic (exact) mass is 404 g/mol. The second kappa shape index (κ2) is 11.0. The van der Waals surface area contributed by atoms with Gasteiger partial charge in [-0.25, -0.2) is 0 Å². The molecule has 144 valence electrons. The van der Waals surface area contributed by atoms with Gasteiger partial charge in [-0.15, -0.1) is 11.8 Å². The van der Waals surface area contributed by atoms with E-state index >= 15 is 0 Å². The van der Waals surface area contributed by atoms with Crippen LogP contribution in [0.4, 0.5) is 0 Å². The summed E-state index contributed by atoms with van der Waals surface area (Å²) in [7, 11) is 0. The molecular weight excluding hydrogens is 380 g/mol. The van der Waals surface area contributed by atoms with E-state index in [1.165, 1.54) is 11.1 Å². The number of halogens is 1. The number of nitrogens with one attached hydrogen (secondary N) is 1. The standard InChI is InChI=1S/C21H25ClN2O2S/c1-3-24(13-20(25)23-12-17-8-10-19(22)11-9-17)21(26)15-27-14-18-6-4-16(2)5-7-18/h4-11H,3,12-15H2,1-2H3,(H,23,25). The Bertz CT molecular complexity index is 748. The molecular formula is C21H25ClN2O2S. The van der Waals surface area contributed by atoms with Crippen LogP contribution in [0.2, 0.25) is 5.02 Å². The van der Waals surface area contributed by atoms with Crippen LogP contribution in [0.5, 0.6) is 0 Å². The van der Waals surface area contributed by atoms with E-state index in [1.54, 1.807) is 28.8 Å². The number of carbonyl (C=O) groups excluding carboxylic acids is 2. The predicted molar refractivity (Wildman–Crippen MR) is 113 cm³/mol. The Hall–Kier alpha value is -1.98. The third-order valence-corrected chi connectivity index (χ3v) is 5.33. The maximum atomic E-state index is 12.4. The van der Waals surface area contributed by atoms with Crippen LogP contribution in [0.15, 0.2) is 48.5 Å². The van der Waals surface area contributed by atoms with E-state index in [0.29, 0.717) is 23.9 Å². The lowest BCUT2D eigenvalue weighted by Crippen LogP contribution is -2.41. The summed E-state index contributed by atoms with van der Waals surface area (Å²) in [5, 5.41) is 3.51. The minimum Gasteiger partial charge on any atom is -0.350 e. The smallest absolute Gasteiger partial charge is 0.239 e. The molecule has 0 aliphatic carbocycles. The molecule has 2 aromatic carbocycles. The van der Waals surface area contributed by atoms with Gasteiger partial charge in [0.1, 0.15) is 0 Å². The molecule has 0 aliphatic heterocycles. The first-order valence-corrected chi connectivity index (χ1v) is 10.4. The van der Waals surface area contributed by atoms with Gasteiger partial charge < -0.3 is 10.2 Å². The maximum absolute atomic E-state index is 12.4. The molecule has 2 aromatic rings. The Morgan fingerprint density at radius 3 is 2.30 bits per heavy atom. The van der Waals surface area contributed by atoms with Crippen LogP contribution < -0.4 is 5.32 Å². The van der Waals surface area contributed by atoms with Crippen molar-refractivity contribution in [2.75, 3.05) is 18.8 Å². The summed E-state index contributed by atoms with van der Waals surface area (Å²) >= 11 is 7.42. The highest BCUT2D eigenvalue weighted by Gasteiger charge is 2.15. The van der Waals surface area contributed by atoms with Gasteiger partial charge in [0.15, 0.2) is 0 Å². The second-order valence-corrected chi connectivity index (χ2v) is 7.71. The summed E-state index contributed by atoms with van der Waals surface area (Å²) in [5.74, 6) is 0.971. The first-order valence-electron chi connectivity index (χ1n) is 8.90. The summed E-state index contributed by atoms with van der Waals surface area (Å²) in [5.41, 5.74) is 3.39. The zero-order valence-corrected chi connectivity index (χ0v) is 17.3. The van der Waals surface area contributed by atoms with Crippen molar-refractivity contribution < 1.29 is 9.59 Å².